The van der Waals surface area contributed by atoms with Gasteiger partial charge in [-0.15, -0.1) is 0 Å². The van der Waals surface area contributed by atoms with Crippen molar-refractivity contribution in [2.24, 2.45) is 0 Å². The van der Waals surface area contributed by atoms with Crippen LogP contribution in [0.4, 0.5) is 0 Å². The van der Waals surface area contributed by atoms with Crippen molar-refractivity contribution in [1.82, 2.24) is 4.90 Å². The van der Waals surface area contributed by atoms with E-state index in [1.54, 1.807) is 21.2 Å². The van der Waals surface area contributed by atoms with Crippen LogP contribution in [0, 0.1) is 0 Å². The van der Waals surface area contributed by atoms with Crippen molar-refractivity contribution in [3.05, 3.63) is 121 Å². The van der Waals surface area contributed by atoms with Gasteiger partial charge in [0.2, 0.25) is 0 Å². The first-order chi connectivity index (χ1) is 21.4. The zero-order chi connectivity index (χ0) is 29.0. The fourth-order valence-electron chi connectivity index (χ4n) is 23.3. The first-order valence-electron chi connectivity index (χ1n) is 16.7. The van der Waals surface area contributed by atoms with E-state index in [-0.39, 0.29) is 6.61 Å². The molecule has 224 valence electrons. The molecule has 4 aromatic rings. The molecule has 10 aliphatic rings. The predicted octanol–water partition coefficient (Wildman–Crippen LogP) is 7.14. The number of hydrogen-bond donors (Lipinski definition) is 1. The number of aliphatic hydroxyl groups excluding tert-OH is 1. The summed E-state index contributed by atoms with van der Waals surface area (Å²) >= 11 is 0. The Hall–Kier alpha value is -1.82. The third kappa shape index (κ3) is 0.637. The van der Waals surface area contributed by atoms with Gasteiger partial charge >= 0.3 is 254 Å². The molecule has 10 saturated heterocycles. The van der Waals surface area contributed by atoms with Crippen molar-refractivity contribution >= 4 is 37.1 Å². The van der Waals surface area contributed by atoms with Crippen molar-refractivity contribution < 1.29 is 11.6 Å². The topological polar surface area (TPSA) is 23.5 Å². The molecule has 0 bridgehead atoms. The Morgan fingerprint density at radius 2 is 1.07 bits per heavy atom. The number of rotatable bonds is 10. The Morgan fingerprint density at radius 3 is 1.45 bits per heavy atom. The molecule has 0 radical (unpaired) electrons. The number of fused-ring (bicyclic) bond motifs is 10. The molecule has 14 rings (SSSR count). The van der Waals surface area contributed by atoms with Crippen LogP contribution in [0.2, 0.25) is 38.0 Å². The minimum atomic E-state index is -4.39. The van der Waals surface area contributed by atoms with E-state index < -0.39 is 22.4 Å². The van der Waals surface area contributed by atoms with Crippen LogP contribution >= 0.6 is 15.8 Å². The number of nitrogens with zero attached hydrogens (tertiary/aromatic N) is 1. The van der Waals surface area contributed by atoms with E-state index in [9.17, 15) is 5.11 Å². The Kier molecular flexibility index (Phi) is 2.16. The molecule has 0 aromatic heterocycles. The van der Waals surface area contributed by atoms with E-state index in [4.69, 9.17) is 0 Å². The fourth-order valence-corrected chi connectivity index (χ4v) is 132. The summed E-state index contributed by atoms with van der Waals surface area (Å²) < 4.78 is 1.78. The molecule has 0 aliphatic carbocycles. The Labute approximate surface area is 253 Å². The van der Waals surface area contributed by atoms with Gasteiger partial charge in [0.25, 0.3) is 0 Å². The van der Waals surface area contributed by atoms with Crippen LogP contribution < -0.4 is 21.2 Å². The number of benzene rings is 4. The van der Waals surface area contributed by atoms with Gasteiger partial charge in [-0.3, -0.25) is 0 Å². The summed E-state index contributed by atoms with van der Waals surface area (Å²) in [6.45, 7) is -0.638. The third-order valence-electron chi connectivity index (χ3n) is 21.4. The average Bonchev–Trinajstić information content (AvgIpc) is 4.03. The van der Waals surface area contributed by atoms with Crippen molar-refractivity contribution in [2.45, 2.75) is 59.1 Å². The fraction of sp³-hybridized carbons (Fsp3) is 0.385. The molecule has 44 heavy (non-hydrogen) atoms. The summed E-state index contributed by atoms with van der Waals surface area (Å²) in [6, 6.07) is 48.5. The molecule has 0 saturated carbocycles. The molecule has 1 N–H and O–H groups in total. The van der Waals surface area contributed by atoms with E-state index in [1.165, 1.54) is 0 Å². The van der Waals surface area contributed by atoms with Crippen molar-refractivity contribution in [1.29, 1.82) is 0 Å². The summed E-state index contributed by atoms with van der Waals surface area (Å²) in [5.74, 6) is 0. The van der Waals surface area contributed by atoms with E-state index in [2.05, 4.69) is 140 Å². The van der Waals surface area contributed by atoms with Gasteiger partial charge in [-0.05, 0) is 0 Å². The first kappa shape index (κ1) is 23.5. The molecular weight excluding hydrogens is 616 g/mol. The summed E-state index contributed by atoms with van der Waals surface area (Å²) in [5.41, 5.74) is 0. The second-order valence-corrected chi connectivity index (χ2v) is 46.3. The molecule has 10 aliphatic heterocycles. The van der Waals surface area contributed by atoms with Crippen LogP contribution in [0.5, 0.6) is 0 Å². The summed E-state index contributed by atoms with van der Waals surface area (Å²) in [4.78, 5) is 10.5. The number of likely N-dealkylation sites (N-methyl/N-ethyl adjacent to an activating group) is 1. The van der Waals surface area contributed by atoms with Crippen molar-refractivity contribution in [3.8, 4) is 0 Å². The molecule has 1 spiro atoms. The molecule has 0 amide bonds. The molecule has 8 unspecified atom stereocenters. The predicted molar refractivity (Wildman–Crippen MR) is 182 cm³/mol. The summed E-state index contributed by atoms with van der Waals surface area (Å²) in [7, 11) is 1.51. The van der Waals surface area contributed by atoms with Gasteiger partial charge in [0, 0.05) is 0 Å². The van der Waals surface area contributed by atoms with Crippen LogP contribution in [0.1, 0.15) is 6.92 Å². The van der Waals surface area contributed by atoms with Crippen LogP contribution in [0.3, 0.4) is 0 Å². The molecule has 10 atom stereocenters. The Balaban J connectivity index is 1.13. The van der Waals surface area contributed by atoms with Crippen LogP contribution in [-0.4, -0.2) is 44.4 Å². The second-order valence-electron chi connectivity index (χ2n) is 17.7. The zero-order valence-electron chi connectivity index (χ0n) is 25.2. The molecular formula is C39H39FeNOP2. The van der Waals surface area contributed by atoms with Gasteiger partial charge in [0.05, 0.1) is 0 Å². The van der Waals surface area contributed by atoms with Gasteiger partial charge < -0.3 is 0 Å². The van der Waals surface area contributed by atoms with Crippen LogP contribution in [0.25, 0.3) is 0 Å². The van der Waals surface area contributed by atoms with E-state index in [0.717, 1.165) is 40.3 Å². The molecule has 10 fully saturated rings. The molecule has 5 heteroatoms. The summed E-state index contributed by atoms with van der Waals surface area (Å²) in [5, 5.41) is 16.9. The van der Waals surface area contributed by atoms with Gasteiger partial charge in [-0.25, -0.2) is 0 Å². The van der Waals surface area contributed by atoms with Gasteiger partial charge in [0.1, 0.15) is 0 Å². The normalized spacial score (nSPS) is 57.5. The van der Waals surface area contributed by atoms with Crippen LogP contribution in [0.15, 0.2) is 121 Å². The van der Waals surface area contributed by atoms with Crippen molar-refractivity contribution in [2.75, 3.05) is 20.2 Å². The standard InChI is InChI=1S/C22H25NOP.C17H14P.Fe/c1-18(23(2)16-17-24)21-14-9-15-22(21)25(19-10-5-3-6-11-19)20-12-7-4-8-13-20;1-3-9-15(10-4-1)18(17-13-7-8-14-17)16-11-5-2-6-12-16;/h3-15,18,24H,16-17H2,1-2H3;1-14H;/t18-;;/m1../s1. The maximum absolute atomic E-state index is 10.3. The maximum atomic E-state index is 10.3. The number of hydrogen-bond acceptors (Lipinski definition) is 2. The first-order valence-corrected chi connectivity index (χ1v) is 25.5. The quantitative estimate of drug-likeness (QED) is 0.145. The molecule has 2 nitrogen and oxygen atoms in total. The van der Waals surface area contributed by atoms with Gasteiger partial charge in [0.15, 0.2) is 0 Å². The zero-order valence-corrected chi connectivity index (χ0v) is 28.1. The van der Waals surface area contributed by atoms with Gasteiger partial charge in [-0.2, -0.15) is 0 Å². The summed E-state index contributed by atoms with van der Waals surface area (Å²) in [6.07, 6.45) is 0. The van der Waals surface area contributed by atoms with E-state index in [1.807, 2.05) is 0 Å². The Morgan fingerprint density at radius 1 is 0.636 bits per heavy atom. The SMILES string of the molecule is C[C@@H](N(C)CCO)[C@]12[CH]3[CH]4[CH]5[C]1(P(c1ccccc1)c1ccccc1)[Fe]45321678[CH]2[CH]1[CH]6[C]7(P(c1ccccc1)c1ccccc1)[CH]28. The average molecular weight is 656 g/mol. The van der Waals surface area contributed by atoms with E-state index in [0.29, 0.717) is 18.5 Å². The third-order valence-corrected chi connectivity index (χ3v) is 78.8. The second kappa shape index (κ2) is 4.05. The number of aliphatic hydroxyl groups is 1. The minimum absolute atomic E-state index is 0.269. The molecule has 4 aromatic carbocycles. The van der Waals surface area contributed by atoms with Crippen molar-refractivity contribution in [3.63, 3.8) is 0 Å². The monoisotopic (exact) mass is 655 g/mol. The molecule has 10 heterocycles. The van der Waals surface area contributed by atoms with Gasteiger partial charge in [-0.1, -0.05) is 0 Å². The van der Waals surface area contributed by atoms with Crippen LogP contribution in [-0.2, 0) is 6.51 Å². The Bertz CT molecular complexity index is 2310. The van der Waals surface area contributed by atoms with E-state index >= 15 is 0 Å².